The standard InChI is InChI=1S/C16H32O2Si2/c1-15(2)12-10-11-16(15,3)14(18-20(7,8)9)13(12)17-19(4,5)6/h12H,10-11H2,1-9H3. The summed E-state index contributed by atoms with van der Waals surface area (Å²) in [6, 6.07) is 0. The van der Waals surface area contributed by atoms with E-state index in [-0.39, 0.29) is 10.8 Å². The van der Waals surface area contributed by atoms with Crippen LogP contribution in [0.4, 0.5) is 0 Å². The molecule has 2 atom stereocenters. The maximum absolute atomic E-state index is 6.55. The normalized spacial score (nSPS) is 32.8. The quantitative estimate of drug-likeness (QED) is 0.651. The molecule has 0 spiro atoms. The van der Waals surface area contributed by atoms with Crippen molar-refractivity contribution in [3.63, 3.8) is 0 Å². The van der Waals surface area contributed by atoms with Crippen LogP contribution >= 0.6 is 0 Å². The van der Waals surface area contributed by atoms with Gasteiger partial charge in [0.1, 0.15) is 11.5 Å². The van der Waals surface area contributed by atoms with Gasteiger partial charge < -0.3 is 8.85 Å². The summed E-state index contributed by atoms with van der Waals surface area (Å²) in [6.07, 6.45) is 2.49. The molecule has 0 aromatic rings. The van der Waals surface area contributed by atoms with Crippen LogP contribution in [0.25, 0.3) is 0 Å². The Morgan fingerprint density at radius 3 is 1.85 bits per heavy atom. The van der Waals surface area contributed by atoms with E-state index in [0.29, 0.717) is 5.92 Å². The second kappa shape index (κ2) is 4.39. The maximum Gasteiger partial charge on any atom is 0.241 e. The van der Waals surface area contributed by atoms with Gasteiger partial charge in [0.25, 0.3) is 0 Å². The van der Waals surface area contributed by atoms with Gasteiger partial charge in [0, 0.05) is 11.3 Å². The highest BCUT2D eigenvalue weighted by Crippen LogP contribution is 2.68. The van der Waals surface area contributed by atoms with Crippen molar-refractivity contribution in [1.29, 1.82) is 0 Å². The van der Waals surface area contributed by atoms with Crippen molar-refractivity contribution in [2.24, 2.45) is 16.7 Å². The smallest absolute Gasteiger partial charge is 0.241 e. The van der Waals surface area contributed by atoms with Crippen LogP contribution in [-0.4, -0.2) is 16.6 Å². The first-order chi connectivity index (χ1) is 8.78. The van der Waals surface area contributed by atoms with Gasteiger partial charge in [-0.15, -0.1) is 0 Å². The van der Waals surface area contributed by atoms with E-state index in [1.165, 1.54) is 24.4 Å². The maximum atomic E-state index is 6.55. The molecular weight excluding hydrogens is 280 g/mol. The third-order valence-electron chi connectivity index (χ3n) is 5.09. The summed E-state index contributed by atoms with van der Waals surface area (Å²) < 4.78 is 13.1. The lowest BCUT2D eigenvalue weighted by Crippen LogP contribution is -2.35. The molecule has 0 amide bonds. The minimum absolute atomic E-state index is 0.160. The number of rotatable bonds is 4. The molecular formula is C16H32O2Si2. The predicted molar refractivity (Wildman–Crippen MR) is 90.5 cm³/mol. The molecule has 2 unspecified atom stereocenters. The molecule has 1 saturated carbocycles. The molecule has 0 aromatic carbocycles. The minimum atomic E-state index is -1.61. The zero-order chi connectivity index (χ0) is 15.6. The molecule has 0 heterocycles. The summed E-state index contributed by atoms with van der Waals surface area (Å²) in [4.78, 5) is 0. The van der Waals surface area contributed by atoms with Crippen LogP contribution < -0.4 is 0 Å². The van der Waals surface area contributed by atoms with E-state index in [9.17, 15) is 0 Å². The van der Waals surface area contributed by atoms with Crippen molar-refractivity contribution < 1.29 is 8.85 Å². The molecule has 2 nitrogen and oxygen atoms in total. The number of fused-ring (bicyclic) bond motifs is 2. The molecule has 0 radical (unpaired) electrons. The Hall–Kier alpha value is -0.226. The van der Waals surface area contributed by atoms with Crippen molar-refractivity contribution in [2.45, 2.75) is 72.9 Å². The van der Waals surface area contributed by atoms with Gasteiger partial charge in [0.05, 0.1) is 0 Å². The Morgan fingerprint density at radius 1 is 0.900 bits per heavy atom. The summed E-state index contributed by atoms with van der Waals surface area (Å²) in [5.74, 6) is 2.97. The van der Waals surface area contributed by atoms with Crippen LogP contribution in [0.2, 0.25) is 39.3 Å². The van der Waals surface area contributed by atoms with Gasteiger partial charge in [-0.1, -0.05) is 20.8 Å². The van der Waals surface area contributed by atoms with E-state index < -0.39 is 16.6 Å². The van der Waals surface area contributed by atoms with Crippen LogP contribution in [0.5, 0.6) is 0 Å². The van der Waals surface area contributed by atoms with Crippen LogP contribution in [0.15, 0.2) is 11.5 Å². The van der Waals surface area contributed by atoms with Crippen LogP contribution in [0, 0.1) is 16.7 Å². The summed E-state index contributed by atoms with van der Waals surface area (Å²) in [5.41, 5.74) is 0.421. The van der Waals surface area contributed by atoms with E-state index in [2.05, 4.69) is 60.1 Å². The molecule has 1 fully saturated rings. The molecule has 0 N–H and O–H groups in total. The predicted octanol–water partition coefficient (Wildman–Crippen LogP) is 5.36. The van der Waals surface area contributed by atoms with Crippen LogP contribution in [-0.2, 0) is 8.85 Å². The molecule has 0 saturated heterocycles. The van der Waals surface area contributed by atoms with Gasteiger partial charge >= 0.3 is 0 Å². The first kappa shape index (κ1) is 16.1. The lowest BCUT2D eigenvalue weighted by molar-refractivity contribution is 0.127. The molecule has 2 aliphatic rings. The third-order valence-corrected chi connectivity index (χ3v) is 6.74. The van der Waals surface area contributed by atoms with Crippen molar-refractivity contribution >= 4 is 16.6 Å². The van der Waals surface area contributed by atoms with E-state index in [4.69, 9.17) is 8.85 Å². The largest absolute Gasteiger partial charge is 0.545 e. The molecule has 4 heteroatoms. The zero-order valence-electron chi connectivity index (χ0n) is 14.8. The van der Waals surface area contributed by atoms with Crippen LogP contribution in [0.1, 0.15) is 33.6 Å². The summed E-state index contributed by atoms with van der Waals surface area (Å²) in [6.45, 7) is 20.8. The van der Waals surface area contributed by atoms with E-state index in [0.717, 1.165) is 0 Å². The second-order valence-corrected chi connectivity index (χ2v) is 18.1. The van der Waals surface area contributed by atoms with Gasteiger partial charge in [0.2, 0.25) is 16.6 Å². The van der Waals surface area contributed by atoms with Crippen LogP contribution in [0.3, 0.4) is 0 Å². The first-order valence-electron chi connectivity index (χ1n) is 7.91. The summed E-state index contributed by atoms with van der Waals surface area (Å²) in [7, 11) is -3.20. The third kappa shape index (κ3) is 2.49. The average molecular weight is 313 g/mol. The lowest BCUT2D eigenvalue weighted by Gasteiger charge is -2.38. The fourth-order valence-electron chi connectivity index (χ4n) is 3.71. The number of hydrogen-bond donors (Lipinski definition) is 0. The van der Waals surface area contributed by atoms with Gasteiger partial charge in [0.15, 0.2) is 0 Å². The van der Waals surface area contributed by atoms with Gasteiger partial charge in [-0.2, -0.15) is 0 Å². The van der Waals surface area contributed by atoms with Crippen molar-refractivity contribution in [2.75, 3.05) is 0 Å². The van der Waals surface area contributed by atoms with Crippen molar-refractivity contribution in [3.05, 3.63) is 11.5 Å². The number of hydrogen-bond acceptors (Lipinski definition) is 2. The van der Waals surface area contributed by atoms with E-state index >= 15 is 0 Å². The molecule has 2 rings (SSSR count). The van der Waals surface area contributed by atoms with Gasteiger partial charge in [-0.3, -0.25) is 0 Å². The highest BCUT2D eigenvalue weighted by atomic mass is 28.4. The molecule has 0 aromatic heterocycles. The molecule has 2 bridgehead atoms. The zero-order valence-corrected chi connectivity index (χ0v) is 16.8. The minimum Gasteiger partial charge on any atom is -0.545 e. The van der Waals surface area contributed by atoms with E-state index in [1.54, 1.807) is 0 Å². The molecule has 2 aliphatic carbocycles. The average Bonchev–Trinajstić information content (AvgIpc) is 2.48. The lowest BCUT2D eigenvalue weighted by atomic mass is 9.70. The monoisotopic (exact) mass is 312 g/mol. The summed E-state index contributed by atoms with van der Waals surface area (Å²) >= 11 is 0. The van der Waals surface area contributed by atoms with Crippen molar-refractivity contribution in [1.82, 2.24) is 0 Å². The Bertz CT molecular complexity index is 440. The first-order valence-corrected chi connectivity index (χ1v) is 14.7. The molecule has 116 valence electrons. The highest BCUT2D eigenvalue weighted by molar-refractivity contribution is 6.70. The van der Waals surface area contributed by atoms with Gasteiger partial charge in [-0.05, 0) is 57.5 Å². The highest BCUT2D eigenvalue weighted by Gasteiger charge is 2.63. The van der Waals surface area contributed by atoms with E-state index in [1.807, 2.05) is 0 Å². The Kier molecular flexibility index (Phi) is 3.54. The topological polar surface area (TPSA) is 18.5 Å². The Labute approximate surface area is 127 Å². The number of allylic oxidation sites excluding steroid dienone is 2. The second-order valence-electron chi connectivity index (χ2n) is 9.27. The Balaban J connectivity index is 2.47. The van der Waals surface area contributed by atoms with Crippen molar-refractivity contribution in [3.8, 4) is 0 Å². The summed E-state index contributed by atoms with van der Waals surface area (Å²) in [5, 5.41) is 0. The van der Waals surface area contributed by atoms with Gasteiger partial charge in [-0.25, -0.2) is 0 Å². The molecule has 20 heavy (non-hydrogen) atoms. The fourth-order valence-corrected chi connectivity index (χ4v) is 5.55. The molecule has 0 aliphatic heterocycles. The Morgan fingerprint density at radius 2 is 1.40 bits per heavy atom. The fraction of sp³-hybridized carbons (Fsp3) is 0.875. The SMILES string of the molecule is CC12CCC(C(O[Si](C)(C)C)=C1O[Si](C)(C)C)C2(C)C.